The second-order valence-corrected chi connectivity index (χ2v) is 12.4. The van der Waals surface area contributed by atoms with Crippen molar-refractivity contribution in [1.82, 2.24) is 4.57 Å². The molecule has 0 saturated carbocycles. The minimum absolute atomic E-state index is 0.956. The van der Waals surface area contributed by atoms with Gasteiger partial charge in [-0.15, -0.1) is 0 Å². The molecule has 0 spiro atoms. The van der Waals surface area contributed by atoms with Crippen LogP contribution in [0.25, 0.3) is 87.9 Å². The minimum atomic E-state index is 0.956. The zero-order valence-electron chi connectivity index (χ0n) is 26.3. The van der Waals surface area contributed by atoms with Gasteiger partial charge in [0.2, 0.25) is 0 Å². The molecule has 0 radical (unpaired) electrons. The van der Waals surface area contributed by atoms with Crippen LogP contribution in [0.4, 0.5) is 0 Å². The number of hydrogen-bond acceptors (Lipinski definition) is 0. The third-order valence-corrected chi connectivity index (χ3v) is 9.79. The van der Waals surface area contributed by atoms with E-state index in [0.717, 1.165) is 6.54 Å². The van der Waals surface area contributed by atoms with Crippen LogP contribution in [0.15, 0.2) is 170 Å². The Kier molecular flexibility index (Phi) is 6.50. The monoisotopic (exact) mass is 599 g/mol. The Balaban J connectivity index is 1.20. The van der Waals surface area contributed by atoms with E-state index in [2.05, 4.69) is 181 Å². The quantitative estimate of drug-likeness (QED) is 0.173. The lowest BCUT2D eigenvalue weighted by Crippen LogP contribution is -1.92. The summed E-state index contributed by atoms with van der Waals surface area (Å²) in [6.45, 7) is 3.18. The summed E-state index contributed by atoms with van der Waals surface area (Å²) < 4.78 is 2.41. The van der Waals surface area contributed by atoms with E-state index in [1.807, 2.05) is 0 Å². The highest BCUT2D eigenvalue weighted by Crippen LogP contribution is 2.44. The van der Waals surface area contributed by atoms with Gasteiger partial charge < -0.3 is 4.57 Å². The van der Waals surface area contributed by atoms with E-state index in [0.29, 0.717) is 0 Å². The van der Waals surface area contributed by atoms with Crippen molar-refractivity contribution in [3.05, 3.63) is 170 Å². The lowest BCUT2D eigenvalue weighted by Gasteiger charge is -2.18. The Hall–Kier alpha value is -5.92. The van der Waals surface area contributed by atoms with E-state index in [1.54, 1.807) is 0 Å². The van der Waals surface area contributed by atoms with Gasteiger partial charge in [0.25, 0.3) is 0 Å². The number of aromatic nitrogens is 1. The highest BCUT2D eigenvalue weighted by molar-refractivity contribution is 6.21. The molecule has 9 rings (SSSR count). The van der Waals surface area contributed by atoms with Gasteiger partial charge in [-0.25, -0.2) is 0 Å². The van der Waals surface area contributed by atoms with Crippen molar-refractivity contribution in [3.8, 4) is 44.5 Å². The van der Waals surface area contributed by atoms with Gasteiger partial charge in [-0.1, -0.05) is 146 Å². The number of para-hydroxylation sites is 1. The third-order valence-electron chi connectivity index (χ3n) is 9.79. The Morgan fingerprint density at radius 3 is 1.43 bits per heavy atom. The summed E-state index contributed by atoms with van der Waals surface area (Å²) >= 11 is 0. The molecule has 1 nitrogen and oxygen atoms in total. The number of nitrogens with zero attached hydrogens (tertiary/aromatic N) is 1. The van der Waals surface area contributed by atoms with Gasteiger partial charge in [-0.2, -0.15) is 0 Å². The van der Waals surface area contributed by atoms with E-state index >= 15 is 0 Å². The fourth-order valence-corrected chi connectivity index (χ4v) is 7.64. The first-order valence-electron chi connectivity index (χ1n) is 16.5. The normalized spacial score (nSPS) is 11.6. The van der Waals surface area contributed by atoms with Crippen molar-refractivity contribution in [2.45, 2.75) is 13.5 Å². The van der Waals surface area contributed by atoms with Crippen LogP contribution in [0, 0.1) is 0 Å². The summed E-state index contributed by atoms with van der Waals surface area (Å²) in [6, 6.07) is 62.3. The van der Waals surface area contributed by atoms with Gasteiger partial charge in [-0.3, -0.25) is 0 Å². The van der Waals surface area contributed by atoms with Crippen molar-refractivity contribution >= 4 is 43.4 Å². The first-order chi connectivity index (χ1) is 23.3. The van der Waals surface area contributed by atoms with Crippen LogP contribution in [0.3, 0.4) is 0 Å². The van der Waals surface area contributed by atoms with E-state index in [9.17, 15) is 0 Å². The van der Waals surface area contributed by atoms with Crippen LogP contribution in [-0.2, 0) is 6.54 Å². The van der Waals surface area contributed by atoms with Gasteiger partial charge in [0, 0.05) is 28.4 Å². The molecule has 0 fully saturated rings. The first kappa shape index (κ1) is 27.4. The first-order valence-corrected chi connectivity index (χ1v) is 16.5. The van der Waals surface area contributed by atoms with Crippen LogP contribution < -0.4 is 0 Å². The van der Waals surface area contributed by atoms with Crippen LogP contribution in [0.2, 0.25) is 0 Å². The molecular formula is C46H33N. The largest absolute Gasteiger partial charge is 0.341 e. The maximum absolute atomic E-state index is 2.41. The van der Waals surface area contributed by atoms with Crippen molar-refractivity contribution in [2.75, 3.05) is 0 Å². The van der Waals surface area contributed by atoms with Crippen LogP contribution in [0.5, 0.6) is 0 Å². The van der Waals surface area contributed by atoms with E-state index in [1.165, 1.54) is 87.9 Å². The summed E-state index contributed by atoms with van der Waals surface area (Å²) in [5.41, 5.74) is 12.6. The van der Waals surface area contributed by atoms with Crippen molar-refractivity contribution in [3.63, 3.8) is 0 Å². The molecule has 8 aromatic carbocycles. The summed E-state index contributed by atoms with van der Waals surface area (Å²) in [5, 5.41) is 7.71. The topological polar surface area (TPSA) is 4.93 Å². The van der Waals surface area contributed by atoms with Crippen molar-refractivity contribution in [1.29, 1.82) is 0 Å². The Bertz CT molecular complexity index is 2530. The number of hydrogen-bond donors (Lipinski definition) is 0. The van der Waals surface area contributed by atoms with E-state index in [-0.39, 0.29) is 0 Å². The summed E-state index contributed by atoms with van der Waals surface area (Å²) in [4.78, 5) is 0. The fourth-order valence-electron chi connectivity index (χ4n) is 7.64. The molecule has 1 aromatic heterocycles. The predicted molar refractivity (Wildman–Crippen MR) is 202 cm³/mol. The van der Waals surface area contributed by atoms with Crippen LogP contribution in [-0.4, -0.2) is 4.57 Å². The smallest absolute Gasteiger partial charge is 0.0491 e. The number of rotatable bonds is 5. The highest BCUT2D eigenvalue weighted by Gasteiger charge is 2.17. The minimum Gasteiger partial charge on any atom is -0.341 e. The number of aryl methyl sites for hydroxylation is 1. The average molecular weight is 600 g/mol. The lowest BCUT2D eigenvalue weighted by atomic mass is 9.85. The third kappa shape index (κ3) is 4.47. The Morgan fingerprint density at radius 1 is 0.319 bits per heavy atom. The van der Waals surface area contributed by atoms with Gasteiger partial charge in [0.05, 0.1) is 0 Å². The molecule has 222 valence electrons. The van der Waals surface area contributed by atoms with Crippen LogP contribution >= 0.6 is 0 Å². The maximum atomic E-state index is 2.41. The molecule has 47 heavy (non-hydrogen) atoms. The molecule has 0 aliphatic carbocycles. The van der Waals surface area contributed by atoms with Crippen molar-refractivity contribution < 1.29 is 0 Å². The molecule has 0 N–H and O–H groups in total. The van der Waals surface area contributed by atoms with Crippen LogP contribution in [0.1, 0.15) is 6.92 Å². The fraction of sp³-hybridized carbons (Fsp3) is 0.0435. The summed E-state index contributed by atoms with van der Waals surface area (Å²) in [6.07, 6.45) is 0. The van der Waals surface area contributed by atoms with Gasteiger partial charge in [0.15, 0.2) is 0 Å². The molecule has 0 bridgehead atoms. The number of fused-ring (bicyclic) bond motifs is 5. The molecule has 0 aliphatic heterocycles. The Labute approximate surface area is 275 Å². The second-order valence-electron chi connectivity index (χ2n) is 12.4. The molecule has 0 amide bonds. The molecule has 0 unspecified atom stereocenters. The molecule has 0 aliphatic rings. The molecule has 1 heteroatoms. The predicted octanol–water partition coefficient (Wildman–Crippen LogP) is 12.8. The van der Waals surface area contributed by atoms with Crippen molar-refractivity contribution in [2.24, 2.45) is 0 Å². The number of benzene rings is 8. The molecule has 0 saturated heterocycles. The molecular weight excluding hydrogens is 567 g/mol. The van der Waals surface area contributed by atoms with E-state index in [4.69, 9.17) is 0 Å². The average Bonchev–Trinajstić information content (AvgIpc) is 3.47. The molecule has 0 atom stereocenters. The standard InChI is InChI=1S/C46H33N/c1-2-47-43-22-11-10-17-37(43)42-30-35(27-28-44(42)47)32-23-25-33(26-24-32)45-38-18-6-8-20-40(38)46(41-21-9-7-19-39(41)45)36-16-12-15-34(29-36)31-13-4-3-5-14-31/h3-30H,2H2,1H3. The summed E-state index contributed by atoms with van der Waals surface area (Å²) in [5.74, 6) is 0. The lowest BCUT2D eigenvalue weighted by molar-refractivity contribution is 0.827. The zero-order valence-corrected chi connectivity index (χ0v) is 26.3. The van der Waals surface area contributed by atoms with Gasteiger partial charge in [-0.05, 0) is 97.2 Å². The second kappa shape index (κ2) is 11.2. The van der Waals surface area contributed by atoms with Gasteiger partial charge in [0.1, 0.15) is 0 Å². The Morgan fingerprint density at radius 2 is 0.766 bits per heavy atom. The maximum Gasteiger partial charge on any atom is 0.0491 e. The SMILES string of the molecule is CCn1c2ccccc2c2cc(-c3ccc(-c4c5ccccc5c(-c5cccc(-c6ccccc6)c5)c5ccccc45)cc3)ccc21. The molecule has 1 heterocycles. The highest BCUT2D eigenvalue weighted by atomic mass is 15.0. The zero-order chi connectivity index (χ0) is 31.3. The van der Waals surface area contributed by atoms with Gasteiger partial charge >= 0.3 is 0 Å². The molecule has 9 aromatic rings. The van der Waals surface area contributed by atoms with E-state index < -0.39 is 0 Å². The summed E-state index contributed by atoms with van der Waals surface area (Å²) in [7, 11) is 0.